The predicted molar refractivity (Wildman–Crippen MR) is 49.5 cm³/mol. The van der Waals surface area contributed by atoms with E-state index in [0.717, 1.165) is 6.54 Å². The summed E-state index contributed by atoms with van der Waals surface area (Å²) in [6, 6.07) is 0.707. The third-order valence-electron chi connectivity index (χ3n) is 3.81. The van der Waals surface area contributed by atoms with Crippen LogP contribution in [-0.4, -0.2) is 29.1 Å². The van der Waals surface area contributed by atoms with Crippen LogP contribution in [0.5, 0.6) is 0 Å². The maximum atomic E-state index is 11.7. The van der Waals surface area contributed by atoms with Crippen molar-refractivity contribution in [1.82, 2.24) is 10.2 Å². The van der Waals surface area contributed by atoms with Crippen molar-refractivity contribution >= 4 is 6.03 Å². The van der Waals surface area contributed by atoms with Crippen molar-refractivity contribution in [2.24, 2.45) is 0 Å². The van der Waals surface area contributed by atoms with E-state index in [0.29, 0.717) is 11.6 Å². The second-order valence-corrected chi connectivity index (χ2v) is 4.70. The Bertz CT molecular complexity index is 238. The molecule has 2 saturated carbocycles. The van der Waals surface area contributed by atoms with Crippen molar-refractivity contribution in [2.75, 3.05) is 6.54 Å². The normalized spacial score (nSPS) is 29.4. The molecule has 1 heterocycles. The van der Waals surface area contributed by atoms with Gasteiger partial charge in [-0.25, -0.2) is 4.79 Å². The van der Waals surface area contributed by atoms with Gasteiger partial charge in [-0.05, 0) is 38.5 Å². The fourth-order valence-corrected chi connectivity index (χ4v) is 2.44. The van der Waals surface area contributed by atoms with Gasteiger partial charge >= 0.3 is 6.03 Å². The quantitative estimate of drug-likeness (QED) is 0.651. The second-order valence-electron chi connectivity index (χ2n) is 4.70. The van der Waals surface area contributed by atoms with Crippen LogP contribution in [0.4, 0.5) is 4.79 Å². The van der Waals surface area contributed by atoms with Gasteiger partial charge in [0.05, 0.1) is 0 Å². The Morgan fingerprint density at radius 1 is 1.31 bits per heavy atom. The van der Waals surface area contributed by atoms with Gasteiger partial charge in [-0.15, -0.1) is 0 Å². The maximum absolute atomic E-state index is 11.7. The molecule has 0 aromatic rings. The fraction of sp³-hybridized carbons (Fsp3) is 0.900. The summed E-state index contributed by atoms with van der Waals surface area (Å²) in [6.07, 6.45) is 7.41. The zero-order valence-electron chi connectivity index (χ0n) is 7.88. The van der Waals surface area contributed by atoms with E-state index in [1.807, 2.05) is 0 Å². The van der Waals surface area contributed by atoms with E-state index in [1.165, 1.54) is 38.5 Å². The molecule has 3 nitrogen and oxygen atoms in total. The number of carbonyl (C=O) groups excluding carboxylic acids is 1. The van der Waals surface area contributed by atoms with Crippen LogP contribution in [0.25, 0.3) is 0 Å². The van der Waals surface area contributed by atoms with E-state index in [-0.39, 0.29) is 6.03 Å². The Morgan fingerprint density at radius 2 is 2.08 bits per heavy atom. The Labute approximate surface area is 78.5 Å². The number of urea groups is 1. The summed E-state index contributed by atoms with van der Waals surface area (Å²) >= 11 is 0. The average Bonchev–Trinajstić information content (AvgIpc) is 2.64. The number of likely N-dealkylation sites (tertiary alicyclic amines) is 1. The Morgan fingerprint density at radius 3 is 2.46 bits per heavy atom. The summed E-state index contributed by atoms with van der Waals surface area (Å²) in [5.74, 6) is 0. The molecule has 0 aromatic heterocycles. The average molecular weight is 180 g/mol. The van der Waals surface area contributed by atoms with E-state index in [2.05, 4.69) is 10.2 Å². The molecule has 1 saturated heterocycles. The van der Waals surface area contributed by atoms with Crippen LogP contribution in [0.1, 0.15) is 38.5 Å². The first-order chi connectivity index (χ1) is 6.30. The van der Waals surface area contributed by atoms with Crippen molar-refractivity contribution in [3.05, 3.63) is 0 Å². The minimum atomic E-state index is 0.202. The molecule has 0 atom stereocenters. The van der Waals surface area contributed by atoms with Crippen molar-refractivity contribution < 1.29 is 4.79 Å². The van der Waals surface area contributed by atoms with Gasteiger partial charge in [0.2, 0.25) is 0 Å². The van der Waals surface area contributed by atoms with E-state index in [9.17, 15) is 4.79 Å². The third kappa shape index (κ3) is 1.06. The molecule has 1 spiro atoms. The highest BCUT2D eigenvalue weighted by Crippen LogP contribution is 2.47. The van der Waals surface area contributed by atoms with Gasteiger partial charge in [0, 0.05) is 18.1 Å². The number of carbonyl (C=O) groups is 1. The zero-order chi connectivity index (χ0) is 8.89. The fourth-order valence-electron chi connectivity index (χ4n) is 2.44. The molecule has 3 rings (SSSR count). The van der Waals surface area contributed by atoms with E-state index in [4.69, 9.17) is 0 Å². The van der Waals surface area contributed by atoms with Gasteiger partial charge in [0.25, 0.3) is 0 Å². The highest BCUT2D eigenvalue weighted by molar-refractivity contribution is 5.77. The predicted octanol–water partition coefficient (Wildman–Crippen LogP) is 1.49. The SMILES string of the molecule is O=C(NC1CC1)N1CCC12CCC2. The molecule has 1 aliphatic heterocycles. The summed E-state index contributed by atoms with van der Waals surface area (Å²) in [4.78, 5) is 13.8. The standard InChI is InChI=1S/C10H16N2O/c13-9(11-8-2-3-8)12-7-6-10(12)4-1-5-10/h8H,1-7H2,(H,11,13). The van der Waals surface area contributed by atoms with Gasteiger partial charge in [-0.1, -0.05) is 0 Å². The summed E-state index contributed by atoms with van der Waals surface area (Å²) < 4.78 is 0. The Hall–Kier alpha value is -0.730. The lowest BCUT2D eigenvalue weighted by molar-refractivity contribution is -0.0364. The van der Waals surface area contributed by atoms with Crippen molar-refractivity contribution in [2.45, 2.75) is 50.1 Å². The lowest BCUT2D eigenvalue weighted by atomic mass is 9.68. The molecule has 1 N–H and O–H groups in total. The molecule has 13 heavy (non-hydrogen) atoms. The summed E-state index contributed by atoms with van der Waals surface area (Å²) in [7, 11) is 0. The molecule has 0 aromatic carbocycles. The molecule has 3 aliphatic rings. The van der Waals surface area contributed by atoms with Crippen LogP contribution in [-0.2, 0) is 0 Å². The minimum Gasteiger partial charge on any atom is -0.335 e. The Balaban J connectivity index is 1.61. The van der Waals surface area contributed by atoms with Crippen molar-refractivity contribution in [1.29, 1.82) is 0 Å². The van der Waals surface area contributed by atoms with E-state index < -0.39 is 0 Å². The zero-order valence-corrected chi connectivity index (χ0v) is 7.88. The molecule has 0 unspecified atom stereocenters. The molecular formula is C10H16N2O. The lowest BCUT2D eigenvalue weighted by Crippen LogP contribution is -2.67. The molecular weight excluding hydrogens is 164 g/mol. The third-order valence-corrected chi connectivity index (χ3v) is 3.81. The first-order valence-electron chi connectivity index (χ1n) is 5.38. The van der Waals surface area contributed by atoms with Crippen LogP contribution < -0.4 is 5.32 Å². The maximum Gasteiger partial charge on any atom is 0.318 e. The van der Waals surface area contributed by atoms with E-state index >= 15 is 0 Å². The van der Waals surface area contributed by atoms with Crippen LogP contribution >= 0.6 is 0 Å². The molecule has 0 radical (unpaired) electrons. The summed E-state index contributed by atoms with van der Waals surface area (Å²) in [5, 5.41) is 3.07. The van der Waals surface area contributed by atoms with Gasteiger partial charge in [-0.2, -0.15) is 0 Å². The molecule has 3 heteroatoms. The Kier molecular flexibility index (Phi) is 1.41. The molecule has 72 valence electrons. The minimum absolute atomic E-state index is 0.202. The van der Waals surface area contributed by atoms with Crippen LogP contribution in [0.2, 0.25) is 0 Å². The van der Waals surface area contributed by atoms with Crippen molar-refractivity contribution in [3.63, 3.8) is 0 Å². The summed E-state index contributed by atoms with van der Waals surface area (Å²) in [6.45, 7) is 0.985. The number of rotatable bonds is 1. The van der Waals surface area contributed by atoms with Gasteiger partial charge < -0.3 is 10.2 Å². The first kappa shape index (κ1) is 7.65. The topological polar surface area (TPSA) is 32.3 Å². The van der Waals surface area contributed by atoms with E-state index in [1.54, 1.807) is 0 Å². The highest BCUT2D eigenvalue weighted by Gasteiger charge is 2.51. The van der Waals surface area contributed by atoms with Crippen LogP contribution in [0.15, 0.2) is 0 Å². The molecule has 2 amide bonds. The number of hydrogen-bond acceptors (Lipinski definition) is 1. The molecule has 3 fully saturated rings. The summed E-state index contributed by atoms with van der Waals surface area (Å²) in [5.41, 5.74) is 0.318. The number of nitrogens with one attached hydrogen (secondary N) is 1. The van der Waals surface area contributed by atoms with Crippen LogP contribution in [0.3, 0.4) is 0 Å². The number of hydrogen-bond donors (Lipinski definition) is 1. The van der Waals surface area contributed by atoms with Gasteiger partial charge in [0.1, 0.15) is 0 Å². The van der Waals surface area contributed by atoms with Crippen LogP contribution in [0, 0.1) is 0 Å². The van der Waals surface area contributed by atoms with Gasteiger partial charge in [0.15, 0.2) is 0 Å². The smallest absolute Gasteiger partial charge is 0.318 e. The van der Waals surface area contributed by atoms with Crippen molar-refractivity contribution in [3.8, 4) is 0 Å². The largest absolute Gasteiger partial charge is 0.335 e. The first-order valence-corrected chi connectivity index (χ1v) is 5.38. The monoisotopic (exact) mass is 180 g/mol. The number of amides is 2. The number of nitrogens with zero attached hydrogens (tertiary/aromatic N) is 1. The molecule has 2 aliphatic carbocycles. The van der Waals surface area contributed by atoms with Gasteiger partial charge in [-0.3, -0.25) is 0 Å². The second kappa shape index (κ2) is 2.40. The lowest BCUT2D eigenvalue weighted by Gasteiger charge is -2.58. The highest BCUT2D eigenvalue weighted by atomic mass is 16.2. The molecule has 0 bridgehead atoms.